The molecule has 0 unspecified atom stereocenters. The molecule has 0 saturated carbocycles. The number of carbonyl (C=O) groups is 1. The maximum Gasteiger partial charge on any atom is 0.466 e. The number of hydrogen-bond acceptors (Lipinski definition) is 3. The van der Waals surface area contributed by atoms with Crippen molar-refractivity contribution < 1.29 is 29.1 Å². The Labute approximate surface area is 62.3 Å². The molecular formula is C3H8NO6P. The van der Waals surface area contributed by atoms with Gasteiger partial charge in [0.25, 0.3) is 0 Å². The Morgan fingerprint density at radius 1 is 1.45 bits per heavy atom. The van der Waals surface area contributed by atoms with E-state index in [1.54, 1.807) is 0 Å². The Balaban J connectivity index is 0. The molecule has 0 spiro atoms. The van der Waals surface area contributed by atoms with Crippen LogP contribution in [0.25, 0.3) is 0 Å². The third-order valence-corrected chi connectivity index (χ3v) is 0.247. The molecule has 0 amide bonds. The summed E-state index contributed by atoms with van der Waals surface area (Å²) in [4.78, 5) is 34.1. The van der Waals surface area contributed by atoms with Gasteiger partial charge in [0.2, 0.25) is 0 Å². The van der Waals surface area contributed by atoms with Crippen molar-refractivity contribution in [3.05, 3.63) is 0 Å². The van der Waals surface area contributed by atoms with Crippen LogP contribution in [-0.4, -0.2) is 39.0 Å². The lowest BCUT2D eigenvalue weighted by atomic mass is 10.7. The van der Waals surface area contributed by atoms with Gasteiger partial charge in [0.1, 0.15) is 6.54 Å². The lowest BCUT2D eigenvalue weighted by molar-refractivity contribution is -0.135. The second kappa shape index (κ2) is 5.99. The fourth-order valence-corrected chi connectivity index (χ4v) is 0.0956. The number of rotatable bonds is 2. The largest absolute Gasteiger partial charge is 0.480 e. The van der Waals surface area contributed by atoms with E-state index >= 15 is 0 Å². The van der Waals surface area contributed by atoms with Crippen molar-refractivity contribution >= 4 is 20.5 Å². The van der Waals surface area contributed by atoms with Gasteiger partial charge in [-0.2, -0.15) is 0 Å². The number of carboxylic acid groups (broad SMARTS) is 1. The first-order valence-corrected chi connectivity index (χ1v) is 3.76. The van der Waals surface area contributed by atoms with E-state index in [0.29, 0.717) is 0 Å². The first kappa shape index (κ1) is 12.9. The average molecular weight is 185 g/mol. The van der Waals surface area contributed by atoms with Crippen LogP contribution >= 0.6 is 7.82 Å². The third-order valence-electron chi connectivity index (χ3n) is 0.247. The molecule has 0 saturated heterocycles. The Morgan fingerprint density at radius 2 is 1.73 bits per heavy atom. The third kappa shape index (κ3) is 96.0. The van der Waals surface area contributed by atoms with Crippen molar-refractivity contribution in [3.8, 4) is 0 Å². The van der Waals surface area contributed by atoms with E-state index in [2.05, 4.69) is 11.7 Å². The molecule has 7 nitrogen and oxygen atoms in total. The molecule has 0 atom stereocenters. The number of carboxylic acids is 1. The van der Waals surface area contributed by atoms with Gasteiger partial charge in [-0.15, -0.1) is 0 Å². The molecule has 0 heterocycles. The van der Waals surface area contributed by atoms with Gasteiger partial charge < -0.3 is 19.8 Å². The number of phosphoric acid groups is 1. The van der Waals surface area contributed by atoms with Crippen LogP contribution in [-0.2, 0) is 9.36 Å². The molecule has 0 aliphatic rings. The van der Waals surface area contributed by atoms with E-state index in [1.807, 2.05) is 0 Å². The van der Waals surface area contributed by atoms with Crippen molar-refractivity contribution in [1.82, 2.24) is 0 Å². The molecule has 4 N–H and O–H groups in total. The van der Waals surface area contributed by atoms with Gasteiger partial charge in [-0.3, -0.25) is 9.79 Å². The smallest absolute Gasteiger partial charge is 0.466 e. The molecule has 0 aromatic rings. The summed E-state index contributed by atoms with van der Waals surface area (Å²) in [5.74, 6) is -0.940. The standard InChI is InChI=1S/C3H5NO2.H3O4P/c1-4-2-3(5)6;1-5(2,3)4/h1-2H2,(H,5,6);(H3,1,2,3,4). The fourth-order valence-electron chi connectivity index (χ4n) is 0.0956. The SMILES string of the molecule is C=NCC(=O)O.O=P(O)(O)O. The van der Waals surface area contributed by atoms with Crippen molar-refractivity contribution in [2.45, 2.75) is 0 Å². The molecule has 11 heavy (non-hydrogen) atoms. The van der Waals surface area contributed by atoms with Crippen LogP contribution in [0.4, 0.5) is 0 Å². The topological polar surface area (TPSA) is 127 Å². The summed E-state index contributed by atoms with van der Waals surface area (Å²) in [7, 11) is -4.64. The Kier molecular flexibility index (Phi) is 7.02. The lowest BCUT2D eigenvalue weighted by Gasteiger charge is -1.82. The van der Waals surface area contributed by atoms with E-state index in [1.165, 1.54) is 0 Å². The molecule has 0 radical (unpaired) electrons. The average Bonchev–Trinajstić information content (AvgIpc) is 1.58. The van der Waals surface area contributed by atoms with E-state index in [4.69, 9.17) is 24.4 Å². The minimum atomic E-state index is -4.64. The maximum atomic E-state index is 9.47. The highest BCUT2D eigenvalue weighted by Crippen LogP contribution is 2.25. The number of aliphatic carboxylic acids is 1. The quantitative estimate of drug-likeness (QED) is 0.317. The molecule has 0 aliphatic carbocycles. The van der Waals surface area contributed by atoms with Gasteiger partial charge in [-0.05, 0) is 6.72 Å². The predicted octanol–water partition coefficient (Wildman–Crippen LogP) is -1.16. The van der Waals surface area contributed by atoms with Gasteiger partial charge in [-0.25, -0.2) is 4.57 Å². The van der Waals surface area contributed by atoms with Crippen LogP contribution in [0.2, 0.25) is 0 Å². The highest BCUT2D eigenvalue weighted by molar-refractivity contribution is 7.45. The minimum absolute atomic E-state index is 0.194. The van der Waals surface area contributed by atoms with Gasteiger partial charge >= 0.3 is 13.8 Å². The van der Waals surface area contributed by atoms with Crippen LogP contribution in [0.15, 0.2) is 4.99 Å². The van der Waals surface area contributed by atoms with Gasteiger partial charge in [0.15, 0.2) is 0 Å². The number of aliphatic imine (C=N–C) groups is 1. The van der Waals surface area contributed by atoms with Crippen LogP contribution in [0.3, 0.4) is 0 Å². The molecule has 0 bridgehead atoms. The summed E-state index contributed by atoms with van der Waals surface area (Å²) in [5, 5.41) is 7.78. The van der Waals surface area contributed by atoms with Crippen molar-refractivity contribution in [3.63, 3.8) is 0 Å². The molecule has 0 aromatic heterocycles. The first-order chi connectivity index (χ1) is 4.77. The Hall–Kier alpha value is -0.750. The highest BCUT2D eigenvalue weighted by atomic mass is 31.2. The second-order valence-electron chi connectivity index (χ2n) is 1.29. The summed E-state index contributed by atoms with van der Waals surface area (Å²) in [5.41, 5.74) is 0. The van der Waals surface area contributed by atoms with Crippen molar-refractivity contribution in [2.24, 2.45) is 4.99 Å². The highest BCUT2D eigenvalue weighted by Gasteiger charge is 2.00. The zero-order chi connectivity index (χ0) is 9.49. The summed E-state index contributed by atoms with van der Waals surface area (Å²) < 4.78 is 8.88. The lowest BCUT2D eigenvalue weighted by Crippen LogP contribution is -1.97. The van der Waals surface area contributed by atoms with Crippen LogP contribution < -0.4 is 0 Å². The monoisotopic (exact) mass is 185 g/mol. The van der Waals surface area contributed by atoms with Gasteiger partial charge in [-0.1, -0.05) is 0 Å². The molecule has 0 aromatic carbocycles. The fraction of sp³-hybridized carbons (Fsp3) is 0.333. The number of hydrogen-bond donors (Lipinski definition) is 4. The van der Waals surface area contributed by atoms with Gasteiger partial charge in [0, 0.05) is 0 Å². The molecule has 0 fully saturated rings. The Morgan fingerprint density at radius 3 is 1.73 bits per heavy atom. The first-order valence-electron chi connectivity index (χ1n) is 2.20. The summed E-state index contributed by atoms with van der Waals surface area (Å²) in [6.45, 7) is 2.78. The zero-order valence-corrected chi connectivity index (χ0v) is 6.31. The molecule has 0 aliphatic heterocycles. The Bertz CT molecular complexity index is 164. The summed E-state index contributed by atoms with van der Waals surface area (Å²) in [6.07, 6.45) is 0. The van der Waals surface area contributed by atoms with Gasteiger partial charge in [0.05, 0.1) is 0 Å². The molecular weight excluding hydrogens is 177 g/mol. The van der Waals surface area contributed by atoms with Crippen molar-refractivity contribution in [1.29, 1.82) is 0 Å². The predicted molar refractivity (Wildman–Crippen MR) is 36.3 cm³/mol. The van der Waals surface area contributed by atoms with E-state index in [0.717, 1.165) is 0 Å². The number of nitrogens with zero attached hydrogens (tertiary/aromatic N) is 1. The normalized spacial score (nSPS) is 9.36. The minimum Gasteiger partial charge on any atom is -0.480 e. The van der Waals surface area contributed by atoms with Crippen LogP contribution in [0, 0.1) is 0 Å². The van der Waals surface area contributed by atoms with E-state index in [9.17, 15) is 4.79 Å². The maximum absolute atomic E-state index is 9.47. The van der Waals surface area contributed by atoms with Crippen LogP contribution in [0.5, 0.6) is 0 Å². The van der Waals surface area contributed by atoms with Crippen LogP contribution in [0.1, 0.15) is 0 Å². The molecule has 8 heteroatoms. The molecule has 0 rings (SSSR count). The summed E-state index contributed by atoms with van der Waals surface area (Å²) >= 11 is 0. The van der Waals surface area contributed by atoms with E-state index in [-0.39, 0.29) is 6.54 Å². The zero-order valence-electron chi connectivity index (χ0n) is 5.41. The van der Waals surface area contributed by atoms with Crippen molar-refractivity contribution in [2.75, 3.05) is 6.54 Å². The molecule has 66 valence electrons. The second-order valence-corrected chi connectivity index (χ2v) is 2.32. The van der Waals surface area contributed by atoms with E-state index < -0.39 is 13.8 Å². The summed E-state index contributed by atoms with van der Waals surface area (Å²) in [6, 6.07) is 0.